The molecule has 2 unspecified atom stereocenters. The van der Waals surface area contributed by atoms with Crippen molar-refractivity contribution in [2.24, 2.45) is 11.7 Å². The first-order chi connectivity index (χ1) is 9.15. The number of benzene rings is 1. The van der Waals surface area contributed by atoms with Gasteiger partial charge in [0, 0.05) is 31.2 Å². The summed E-state index contributed by atoms with van der Waals surface area (Å²) in [5.74, 6) is -0.306. The zero-order chi connectivity index (χ0) is 13.4. The van der Waals surface area contributed by atoms with Crippen LogP contribution in [0.15, 0.2) is 24.3 Å². The molecule has 0 aromatic heterocycles. The van der Waals surface area contributed by atoms with Gasteiger partial charge in [0.25, 0.3) is 0 Å². The first kappa shape index (κ1) is 12.2. The van der Waals surface area contributed by atoms with Crippen molar-refractivity contribution in [2.45, 2.75) is 18.9 Å². The Kier molecular flexibility index (Phi) is 2.98. The summed E-state index contributed by atoms with van der Waals surface area (Å²) in [5.41, 5.74) is 8.07. The lowest BCUT2D eigenvalue weighted by atomic mass is 9.96. The highest BCUT2D eigenvalue weighted by Gasteiger charge is 2.34. The topological polar surface area (TPSA) is 75.4 Å². The molecule has 3 rings (SSSR count). The Bertz CT molecular complexity index is 529. The zero-order valence-corrected chi connectivity index (χ0v) is 10.6. The summed E-state index contributed by atoms with van der Waals surface area (Å²) in [5, 5.41) is 2.71. The Morgan fingerprint density at radius 3 is 2.84 bits per heavy atom. The molecule has 2 atom stereocenters. The second-order valence-electron chi connectivity index (χ2n) is 5.25. The lowest BCUT2D eigenvalue weighted by Crippen LogP contribution is -2.48. The average molecular weight is 259 g/mol. The molecule has 2 aliphatic heterocycles. The normalized spacial score (nSPS) is 25.9. The Hall–Kier alpha value is -1.88. The summed E-state index contributed by atoms with van der Waals surface area (Å²) >= 11 is 0. The predicted octanol–water partition coefficient (Wildman–Crippen LogP) is 0.0391. The molecule has 1 fully saturated rings. The van der Waals surface area contributed by atoms with Crippen LogP contribution in [0.5, 0.6) is 0 Å². The van der Waals surface area contributed by atoms with Crippen molar-refractivity contribution in [3.05, 3.63) is 29.8 Å². The first-order valence-corrected chi connectivity index (χ1v) is 6.56. The maximum absolute atomic E-state index is 12.5. The Balaban J connectivity index is 1.88. The number of nitrogens with one attached hydrogen (secondary N) is 1. The molecule has 2 amide bonds. The molecule has 1 aromatic rings. The van der Waals surface area contributed by atoms with Crippen LogP contribution in [0.1, 0.15) is 12.0 Å². The van der Waals surface area contributed by atoms with Crippen molar-refractivity contribution in [1.29, 1.82) is 0 Å². The van der Waals surface area contributed by atoms with Gasteiger partial charge in [-0.15, -0.1) is 0 Å². The van der Waals surface area contributed by atoms with Gasteiger partial charge >= 0.3 is 0 Å². The molecule has 5 nitrogen and oxygen atoms in total. The number of rotatable bonds is 1. The van der Waals surface area contributed by atoms with Crippen molar-refractivity contribution in [3.63, 3.8) is 0 Å². The van der Waals surface area contributed by atoms with E-state index in [1.54, 1.807) is 4.90 Å². The number of carbonyl (C=O) groups is 2. The van der Waals surface area contributed by atoms with Gasteiger partial charge in [0.05, 0.1) is 5.92 Å². The molecule has 0 aliphatic carbocycles. The first-order valence-electron chi connectivity index (χ1n) is 6.56. The molecule has 100 valence electrons. The van der Waals surface area contributed by atoms with Crippen LogP contribution in [0.2, 0.25) is 0 Å². The van der Waals surface area contributed by atoms with Crippen molar-refractivity contribution in [1.82, 2.24) is 5.32 Å². The predicted molar refractivity (Wildman–Crippen MR) is 71.6 cm³/mol. The van der Waals surface area contributed by atoms with Gasteiger partial charge in [-0.25, -0.2) is 0 Å². The molecule has 1 aromatic carbocycles. The maximum atomic E-state index is 12.5. The second-order valence-corrected chi connectivity index (χ2v) is 5.25. The minimum atomic E-state index is -0.258. The van der Waals surface area contributed by atoms with Gasteiger partial charge in [-0.3, -0.25) is 9.59 Å². The van der Waals surface area contributed by atoms with Crippen molar-refractivity contribution in [3.8, 4) is 0 Å². The van der Waals surface area contributed by atoms with Gasteiger partial charge < -0.3 is 16.0 Å². The number of nitrogens with two attached hydrogens (primary N) is 1. The molecule has 2 aliphatic rings. The number of carbonyl (C=O) groups excluding carboxylic acids is 2. The Morgan fingerprint density at radius 2 is 2.11 bits per heavy atom. The highest BCUT2D eigenvalue weighted by atomic mass is 16.2. The number of amides is 2. The fourth-order valence-electron chi connectivity index (χ4n) is 2.84. The smallest absolute Gasteiger partial charge is 0.232 e. The van der Waals surface area contributed by atoms with E-state index >= 15 is 0 Å². The summed E-state index contributed by atoms with van der Waals surface area (Å²) in [7, 11) is 0. The molecule has 0 bridgehead atoms. The molecule has 0 radical (unpaired) electrons. The zero-order valence-electron chi connectivity index (χ0n) is 10.6. The fraction of sp³-hybridized carbons (Fsp3) is 0.429. The van der Waals surface area contributed by atoms with E-state index in [1.807, 2.05) is 24.3 Å². The van der Waals surface area contributed by atoms with Crippen LogP contribution in [-0.4, -0.2) is 30.9 Å². The van der Waals surface area contributed by atoms with E-state index in [-0.39, 0.29) is 30.2 Å². The largest absolute Gasteiger partial charge is 0.355 e. The number of fused-ring (bicyclic) bond motifs is 1. The standard InChI is InChI=1S/C14H17N3O2/c15-11-5-9-3-1-2-4-12(9)17(8-11)14(19)10-6-13(18)16-7-10/h1-4,10-11H,5-8,15H2,(H,16,18). The summed E-state index contributed by atoms with van der Waals surface area (Å²) in [4.78, 5) is 25.5. The van der Waals surface area contributed by atoms with Crippen LogP contribution in [0.25, 0.3) is 0 Å². The van der Waals surface area contributed by atoms with Gasteiger partial charge in [0.15, 0.2) is 0 Å². The van der Waals surface area contributed by atoms with Crippen molar-refractivity contribution < 1.29 is 9.59 Å². The molecule has 2 heterocycles. The summed E-state index contributed by atoms with van der Waals surface area (Å²) in [6.45, 7) is 0.964. The van der Waals surface area contributed by atoms with Crippen LogP contribution in [-0.2, 0) is 16.0 Å². The van der Waals surface area contributed by atoms with Gasteiger partial charge in [-0.2, -0.15) is 0 Å². The number of anilines is 1. The quantitative estimate of drug-likeness (QED) is 0.747. The van der Waals surface area contributed by atoms with Gasteiger partial charge in [-0.1, -0.05) is 18.2 Å². The van der Waals surface area contributed by atoms with Crippen LogP contribution in [0, 0.1) is 5.92 Å². The molecular formula is C14H17N3O2. The number of hydrogen-bond acceptors (Lipinski definition) is 3. The highest BCUT2D eigenvalue weighted by Crippen LogP contribution is 2.28. The Labute approximate surface area is 111 Å². The highest BCUT2D eigenvalue weighted by molar-refractivity contribution is 5.99. The van der Waals surface area contributed by atoms with Crippen LogP contribution in [0.4, 0.5) is 5.69 Å². The maximum Gasteiger partial charge on any atom is 0.232 e. The SMILES string of the molecule is NC1Cc2ccccc2N(C(=O)C2CNC(=O)C2)C1. The summed E-state index contributed by atoms with van der Waals surface area (Å²) in [6.07, 6.45) is 1.08. The molecular weight excluding hydrogens is 242 g/mol. The monoisotopic (exact) mass is 259 g/mol. The fourth-order valence-corrected chi connectivity index (χ4v) is 2.84. The van der Waals surface area contributed by atoms with Gasteiger partial charge in [0.1, 0.15) is 0 Å². The third-order valence-electron chi connectivity index (χ3n) is 3.77. The molecule has 0 saturated carbocycles. The molecule has 1 saturated heterocycles. The van der Waals surface area contributed by atoms with E-state index in [9.17, 15) is 9.59 Å². The molecule has 5 heteroatoms. The molecule has 3 N–H and O–H groups in total. The Morgan fingerprint density at radius 1 is 1.32 bits per heavy atom. The van der Waals surface area contributed by atoms with E-state index in [1.165, 1.54) is 0 Å². The van der Waals surface area contributed by atoms with E-state index in [0.29, 0.717) is 13.1 Å². The number of hydrogen-bond donors (Lipinski definition) is 2. The van der Waals surface area contributed by atoms with Crippen molar-refractivity contribution >= 4 is 17.5 Å². The average Bonchev–Trinajstić information content (AvgIpc) is 2.83. The van der Waals surface area contributed by atoms with E-state index in [4.69, 9.17) is 5.73 Å². The van der Waals surface area contributed by atoms with Crippen molar-refractivity contribution in [2.75, 3.05) is 18.0 Å². The third kappa shape index (κ3) is 2.21. The van der Waals surface area contributed by atoms with E-state index in [2.05, 4.69) is 5.32 Å². The van der Waals surface area contributed by atoms with E-state index in [0.717, 1.165) is 17.7 Å². The van der Waals surface area contributed by atoms with Crippen LogP contribution < -0.4 is 16.0 Å². The van der Waals surface area contributed by atoms with E-state index < -0.39 is 0 Å². The van der Waals surface area contributed by atoms with Crippen LogP contribution >= 0.6 is 0 Å². The third-order valence-corrected chi connectivity index (χ3v) is 3.77. The lowest BCUT2D eigenvalue weighted by molar-refractivity contribution is -0.124. The lowest BCUT2D eigenvalue weighted by Gasteiger charge is -2.34. The summed E-state index contributed by atoms with van der Waals surface area (Å²) in [6, 6.07) is 7.80. The minimum absolute atomic E-state index is 0.000880. The minimum Gasteiger partial charge on any atom is -0.355 e. The number of para-hydroxylation sites is 1. The molecule has 19 heavy (non-hydrogen) atoms. The number of nitrogens with zero attached hydrogens (tertiary/aromatic N) is 1. The van der Waals surface area contributed by atoms with Gasteiger partial charge in [-0.05, 0) is 18.1 Å². The molecule has 0 spiro atoms. The second kappa shape index (κ2) is 4.66. The van der Waals surface area contributed by atoms with Crippen LogP contribution in [0.3, 0.4) is 0 Å². The summed E-state index contributed by atoms with van der Waals surface area (Å²) < 4.78 is 0. The van der Waals surface area contributed by atoms with Gasteiger partial charge in [0.2, 0.25) is 11.8 Å².